The molecule has 0 saturated carbocycles. The van der Waals surface area contributed by atoms with E-state index in [4.69, 9.17) is 5.73 Å². The number of H-pyrrole nitrogens is 1. The number of nitrogen functional groups attached to an aromatic ring is 1. The van der Waals surface area contributed by atoms with Crippen molar-refractivity contribution in [2.24, 2.45) is 0 Å². The molecule has 0 bridgehead atoms. The molecule has 0 aliphatic carbocycles. The molecule has 1 heterocycles. The minimum absolute atomic E-state index is 0.0793. The van der Waals surface area contributed by atoms with Crippen molar-refractivity contribution in [1.29, 1.82) is 0 Å². The predicted octanol–water partition coefficient (Wildman–Crippen LogP) is 0.864. The topological polar surface area (TPSA) is 75.0 Å². The van der Waals surface area contributed by atoms with Gasteiger partial charge in [-0.25, -0.2) is 0 Å². The van der Waals surface area contributed by atoms with Gasteiger partial charge in [0.1, 0.15) is 5.69 Å². The van der Waals surface area contributed by atoms with E-state index in [0.717, 1.165) is 13.0 Å². The highest BCUT2D eigenvalue weighted by Crippen LogP contribution is 2.09. The summed E-state index contributed by atoms with van der Waals surface area (Å²) in [5, 5.41) is 6.33. The third kappa shape index (κ3) is 2.04. The van der Waals surface area contributed by atoms with Crippen LogP contribution in [0.3, 0.4) is 0 Å². The van der Waals surface area contributed by atoms with Crippen LogP contribution in [0, 0.1) is 0 Å². The van der Waals surface area contributed by atoms with Gasteiger partial charge < -0.3 is 10.6 Å². The standard InChI is InChI=1S/C9H16N4O/c1-3-5-13(4-2)9(14)8-7(10)6-11-12-8/h6H,3-5,10H2,1-2H3,(H,11,12). The summed E-state index contributed by atoms with van der Waals surface area (Å²) in [6.07, 6.45) is 2.39. The number of nitrogens with one attached hydrogen (secondary N) is 1. The van der Waals surface area contributed by atoms with E-state index in [1.165, 1.54) is 6.20 Å². The normalized spacial score (nSPS) is 10.1. The van der Waals surface area contributed by atoms with Crippen molar-refractivity contribution in [2.75, 3.05) is 18.8 Å². The SMILES string of the molecule is CCCN(CC)C(=O)c1[nH]ncc1N. The molecule has 14 heavy (non-hydrogen) atoms. The Bertz CT molecular complexity index is 308. The largest absolute Gasteiger partial charge is 0.396 e. The Morgan fingerprint density at radius 1 is 1.64 bits per heavy atom. The van der Waals surface area contributed by atoms with E-state index in [-0.39, 0.29) is 5.91 Å². The van der Waals surface area contributed by atoms with Gasteiger partial charge in [0.25, 0.3) is 5.91 Å². The fourth-order valence-electron chi connectivity index (χ4n) is 1.30. The summed E-state index contributed by atoms with van der Waals surface area (Å²) in [6.45, 7) is 5.41. The quantitative estimate of drug-likeness (QED) is 0.750. The molecular weight excluding hydrogens is 180 g/mol. The Kier molecular flexibility index (Phi) is 3.50. The molecule has 0 aromatic carbocycles. The third-order valence-corrected chi connectivity index (χ3v) is 2.04. The number of anilines is 1. The molecule has 5 nitrogen and oxygen atoms in total. The number of rotatable bonds is 4. The number of hydrogen-bond acceptors (Lipinski definition) is 3. The van der Waals surface area contributed by atoms with Crippen molar-refractivity contribution in [3.05, 3.63) is 11.9 Å². The van der Waals surface area contributed by atoms with Crippen molar-refractivity contribution in [1.82, 2.24) is 15.1 Å². The first kappa shape index (κ1) is 10.6. The number of nitrogens with zero attached hydrogens (tertiary/aromatic N) is 2. The zero-order valence-electron chi connectivity index (χ0n) is 8.58. The van der Waals surface area contributed by atoms with Gasteiger partial charge in [-0.3, -0.25) is 9.89 Å². The molecule has 0 unspecified atom stereocenters. The second-order valence-electron chi connectivity index (χ2n) is 3.09. The number of aromatic nitrogens is 2. The molecule has 0 saturated heterocycles. The second kappa shape index (κ2) is 4.64. The van der Waals surface area contributed by atoms with Crippen LogP contribution in [0.15, 0.2) is 6.20 Å². The van der Waals surface area contributed by atoms with E-state index in [1.807, 2.05) is 13.8 Å². The summed E-state index contributed by atoms with van der Waals surface area (Å²) in [5.74, 6) is -0.0793. The highest BCUT2D eigenvalue weighted by Gasteiger charge is 2.17. The molecule has 0 spiro atoms. The van der Waals surface area contributed by atoms with Gasteiger partial charge in [0.05, 0.1) is 11.9 Å². The average Bonchev–Trinajstić information content (AvgIpc) is 2.59. The van der Waals surface area contributed by atoms with E-state index >= 15 is 0 Å². The molecule has 78 valence electrons. The number of carbonyl (C=O) groups excluding carboxylic acids is 1. The smallest absolute Gasteiger partial charge is 0.274 e. The Labute approximate surface area is 83.3 Å². The first-order valence-corrected chi connectivity index (χ1v) is 4.78. The highest BCUT2D eigenvalue weighted by atomic mass is 16.2. The molecule has 1 amide bonds. The lowest BCUT2D eigenvalue weighted by Gasteiger charge is -2.19. The molecule has 5 heteroatoms. The van der Waals surface area contributed by atoms with Crippen molar-refractivity contribution < 1.29 is 4.79 Å². The summed E-state index contributed by atoms with van der Waals surface area (Å²) in [6, 6.07) is 0. The van der Waals surface area contributed by atoms with Crippen LogP contribution < -0.4 is 5.73 Å². The Morgan fingerprint density at radius 2 is 2.36 bits per heavy atom. The Balaban J connectivity index is 2.78. The maximum Gasteiger partial charge on any atom is 0.274 e. The minimum atomic E-state index is -0.0793. The van der Waals surface area contributed by atoms with E-state index in [9.17, 15) is 4.79 Å². The third-order valence-electron chi connectivity index (χ3n) is 2.04. The molecule has 1 aromatic rings. The van der Waals surface area contributed by atoms with Crippen molar-refractivity contribution in [3.63, 3.8) is 0 Å². The molecule has 1 aromatic heterocycles. The second-order valence-corrected chi connectivity index (χ2v) is 3.09. The Morgan fingerprint density at radius 3 is 2.79 bits per heavy atom. The van der Waals surface area contributed by atoms with Gasteiger partial charge >= 0.3 is 0 Å². The molecule has 0 radical (unpaired) electrons. The van der Waals surface area contributed by atoms with E-state index in [1.54, 1.807) is 4.90 Å². The minimum Gasteiger partial charge on any atom is -0.396 e. The van der Waals surface area contributed by atoms with E-state index < -0.39 is 0 Å². The van der Waals surface area contributed by atoms with Gasteiger partial charge in [0.15, 0.2) is 0 Å². The summed E-state index contributed by atoms with van der Waals surface area (Å²) in [4.78, 5) is 13.6. The number of hydrogen-bond donors (Lipinski definition) is 2. The van der Waals surface area contributed by atoms with Crippen LogP contribution in [-0.4, -0.2) is 34.1 Å². The maximum atomic E-state index is 11.8. The first-order chi connectivity index (χ1) is 6.70. The molecular formula is C9H16N4O. The van der Waals surface area contributed by atoms with Crippen LogP contribution in [0.4, 0.5) is 5.69 Å². The van der Waals surface area contributed by atoms with Crippen LogP contribution in [0.1, 0.15) is 30.8 Å². The van der Waals surface area contributed by atoms with E-state index in [0.29, 0.717) is 17.9 Å². The van der Waals surface area contributed by atoms with Crippen molar-refractivity contribution in [2.45, 2.75) is 20.3 Å². The summed E-state index contributed by atoms with van der Waals surface area (Å²) < 4.78 is 0. The number of carbonyl (C=O) groups is 1. The molecule has 0 fully saturated rings. The van der Waals surface area contributed by atoms with Crippen LogP contribution in [0.5, 0.6) is 0 Å². The molecule has 1 rings (SSSR count). The Hall–Kier alpha value is -1.52. The zero-order chi connectivity index (χ0) is 10.6. The van der Waals surface area contributed by atoms with Crippen LogP contribution in [-0.2, 0) is 0 Å². The molecule has 0 aliphatic heterocycles. The molecule has 3 N–H and O–H groups in total. The zero-order valence-corrected chi connectivity index (χ0v) is 8.58. The first-order valence-electron chi connectivity index (χ1n) is 4.78. The lowest BCUT2D eigenvalue weighted by molar-refractivity contribution is 0.0759. The van der Waals surface area contributed by atoms with Crippen LogP contribution in [0.25, 0.3) is 0 Å². The van der Waals surface area contributed by atoms with Gasteiger partial charge in [-0.15, -0.1) is 0 Å². The fourth-order valence-corrected chi connectivity index (χ4v) is 1.30. The number of aromatic amines is 1. The van der Waals surface area contributed by atoms with Gasteiger partial charge in [0, 0.05) is 13.1 Å². The maximum absolute atomic E-state index is 11.8. The van der Waals surface area contributed by atoms with Crippen molar-refractivity contribution >= 4 is 11.6 Å². The number of amides is 1. The van der Waals surface area contributed by atoms with Crippen LogP contribution >= 0.6 is 0 Å². The summed E-state index contributed by atoms with van der Waals surface area (Å²) in [7, 11) is 0. The number of nitrogens with two attached hydrogens (primary N) is 1. The fraction of sp³-hybridized carbons (Fsp3) is 0.556. The highest BCUT2D eigenvalue weighted by molar-refractivity contribution is 5.96. The van der Waals surface area contributed by atoms with E-state index in [2.05, 4.69) is 10.2 Å². The van der Waals surface area contributed by atoms with Crippen molar-refractivity contribution in [3.8, 4) is 0 Å². The average molecular weight is 196 g/mol. The van der Waals surface area contributed by atoms with Gasteiger partial charge in [-0.05, 0) is 13.3 Å². The molecule has 0 atom stereocenters. The summed E-state index contributed by atoms with van der Waals surface area (Å²) in [5.41, 5.74) is 6.39. The lowest BCUT2D eigenvalue weighted by atomic mass is 10.3. The van der Waals surface area contributed by atoms with Gasteiger partial charge in [-0.1, -0.05) is 6.92 Å². The molecule has 0 aliphatic rings. The predicted molar refractivity (Wildman–Crippen MR) is 54.9 cm³/mol. The van der Waals surface area contributed by atoms with Gasteiger partial charge in [0.2, 0.25) is 0 Å². The monoisotopic (exact) mass is 196 g/mol. The van der Waals surface area contributed by atoms with Crippen LogP contribution in [0.2, 0.25) is 0 Å². The van der Waals surface area contributed by atoms with Gasteiger partial charge in [-0.2, -0.15) is 5.10 Å². The summed E-state index contributed by atoms with van der Waals surface area (Å²) >= 11 is 0. The lowest BCUT2D eigenvalue weighted by Crippen LogP contribution is -2.32.